The fraction of sp³-hybridized carbons (Fsp3) is 0.333. The lowest BCUT2D eigenvalue weighted by molar-refractivity contribution is -0.135. The Morgan fingerprint density at radius 3 is 1.89 bits per heavy atom. The molecule has 5 nitrogen and oxygen atoms in total. The van der Waals surface area contributed by atoms with Gasteiger partial charge in [0.1, 0.15) is 22.7 Å². The highest BCUT2D eigenvalue weighted by atomic mass is 19.1. The van der Waals surface area contributed by atoms with Crippen molar-refractivity contribution in [3.8, 4) is 0 Å². The number of hydrogen-bond acceptors (Lipinski definition) is 3. The fourth-order valence-electron chi connectivity index (χ4n) is 2.62. The number of nitrogens with one attached hydrogen (secondary N) is 2. The number of hydrogen-bond donors (Lipinski definition) is 2. The van der Waals surface area contributed by atoms with Gasteiger partial charge in [-0.2, -0.15) is 0 Å². The molecule has 0 saturated heterocycles. The first-order valence-electron chi connectivity index (χ1n) is 9.12. The van der Waals surface area contributed by atoms with Crippen LogP contribution in [0.15, 0.2) is 42.5 Å². The minimum absolute atomic E-state index is 0.527. The molecule has 0 bridgehead atoms. The number of carbonyl (C=O) groups is 2. The zero-order valence-corrected chi connectivity index (χ0v) is 16.5. The van der Waals surface area contributed by atoms with Gasteiger partial charge >= 0.3 is 0 Å². The Kier molecular flexibility index (Phi) is 6.72. The largest absolute Gasteiger partial charge is 0.372 e. The average molecular weight is 389 g/mol. The van der Waals surface area contributed by atoms with Crippen LogP contribution in [0, 0.1) is 17.0 Å². The standard InChI is InChI=1S/C21H25F2N3O2/c1-5-26(6-2)15-12-10-14(11-13-15)24-19(27)21(3,4)20(28)25-18-16(22)8-7-9-17(18)23/h7-13H,5-6H2,1-4H3,(H,24,27)(H,25,28). The summed E-state index contributed by atoms with van der Waals surface area (Å²) in [4.78, 5) is 27.2. The van der Waals surface area contributed by atoms with Gasteiger partial charge in [-0.25, -0.2) is 8.78 Å². The van der Waals surface area contributed by atoms with E-state index in [4.69, 9.17) is 0 Å². The van der Waals surface area contributed by atoms with Crippen LogP contribution in [0.3, 0.4) is 0 Å². The minimum atomic E-state index is -1.55. The number of benzene rings is 2. The zero-order chi connectivity index (χ0) is 20.9. The Hall–Kier alpha value is -2.96. The van der Waals surface area contributed by atoms with Crippen molar-refractivity contribution in [2.24, 2.45) is 5.41 Å². The van der Waals surface area contributed by atoms with E-state index in [0.29, 0.717) is 5.69 Å². The third-order valence-electron chi connectivity index (χ3n) is 4.59. The second-order valence-electron chi connectivity index (χ2n) is 6.85. The second-order valence-corrected chi connectivity index (χ2v) is 6.85. The Bertz CT molecular complexity index is 827. The Morgan fingerprint density at radius 1 is 0.893 bits per heavy atom. The lowest BCUT2D eigenvalue weighted by atomic mass is 9.90. The number of nitrogens with zero attached hydrogens (tertiary/aromatic N) is 1. The smallest absolute Gasteiger partial charge is 0.239 e. The molecule has 2 amide bonds. The lowest BCUT2D eigenvalue weighted by Gasteiger charge is -2.24. The van der Waals surface area contributed by atoms with Gasteiger partial charge in [0.25, 0.3) is 0 Å². The van der Waals surface area contributed by atoms with Gasteiger partial charge in [-0.15, -0.1) is 0 Å². The molecule has 0 saturated carbocycles. The molecule has 0 aliphatic rings. The van der Waals surface area contributed by atoms with Crippen molar-refractivity contribution in [1.29, 1.82) is 0 Å². The highest BCUT2D eigenvalue weighted by Gasteiger charge is 2.37. The van der Waals surface area contributed by atoms with Gasteiger partial charge in [0, 0.05) is 24.5 Å². The van der Waals surface area contributed by atoms with Crippen molar-refractivity contribution in [2.75, 3.05) is 28.6 Å². The van der Waals surface area contributed by atoms with E-state index in [9.17, 15) is 18.4 Å². The van der Waals surface area contributed by atoms with Crippen LogP contribution >= 0.6 is 0 Å². The molecule has 7 heteroatoms. The third kappa shape index (κ3) is 4.65. The minimum Gasteiger partial charge on any atom is -0.372 e. The van der Waals surface area contributed by atoms with Crippen molar-refractivity contribution in [3.63, 3.8) is 0 Å². The van der Waals surface area contributed by atoms with Crippen molar-refractivity contribution < 1.29 is 18.4 Å². The zero-order valence-electron chi connectivity index (χ0n) is 16.5. The Balaban J connectivity index is 2.10. The van der Waals surface area contributed by atoms with Gasteiger partial charge in [0.05, 0.1) is 0 Å². The molecule has 0 fully saturated rings. The van der Waals surface area contributed by atoms with Crippen LogP contribution in [0.5, 0.6) is 0 Å². The van der Waals surface area contributed by atoms with Gasteiger partial charge in [-0.05, 0) is 64.1 Å². The number of amides is 2. The highest BCUT2D eigenvalue weighted by molar-refractivity contribution is 6.14. The molecule has 0 aliphatic heterocycles. The number of carbonyl (C=O) groups excluding carboxylic acids is 2. The Labute approximate surface area is 163 Å². The quantitative estimate of drug-likeness (QED) is 0.690. The molecule has 2 aromatic carbocycles. The molecule has 150 valence electrons. The molecule has 2 N–H and O–H groups in total. The van der Waals surface area contributed by atoms with Gasteiger partial charge in [-0.1, -0.05) is 6.07 Å². The van der Waals surface area contributed by atoms with Crippen molar-refractivity contribution in [2.45, 2.75) is 27.7 Å². The van der Waals surface area contributed by atoms with Gasteiger partial charge in [0.15, 0.2) is 0 Å². The first-order valence-corrected chi connectivity index (χ1v) is 9.12. The van der Waals surface area contributed by atoms with Crippen LogP contribution in [-0.2, 0) is 9.59 Å². The summed E-state index contributed by atoms with van der Waals surface area (Å²) in [5.74, 6) is -3.21. The van der Waals surface area contributed by atoms with Gasteiger partial charge in [-0.3, -0.25) is 9.59 Å². The molecule has 0 aromatic heterocycles. The van der Waals surface area contributed by atoms with E-state index in [1.165, 1.54) is 19.9 Å². The maximum atomic E-state index is 13.7. The second kappa shape index (κ2) is 8.82. The molecule has 0 atom stereocenters. The molecule has 0 unspecified atom stereocenters. The summed E-state index contributed by atoms with van der Waals surface area (Å²) in [6.45, 7) is 8.61. The van der Waals surface area contributed by atoms with E-state index in [2.05, 4.69) is 29.4 Å². The van der Waals surface area contributed by atoms with E-state index in [1.54, 1.807) is 12.1 Å². The normalized spacial score (nSPS) is 11.1. The van der Waals surface area contributed by atoms with Crippen molar-refractivity contribution in [3.05, 3.63) is 54.1 Å². The van der Waals surface area contributed by atoms with Crippen LogP contribution in [0.2, 0.25) is 0 Å². The number of halogens is 2. The van der Waals surface area contributed by atoms with E-state index in [-0.39, 0.29) is 0 Å². The molecule has 2 aromatic rings. The first-order chi connectivity index (χ1) is 13.2. The topological polar surface area (TPSA) is 61.4 Å². The molecule has 2 rings (SSSR count). The summed E-state index contributed by atoms with van der Waals surface area (Å²) in [6.07, 6.45) is 0. The first kappa shape index (κ1) is 21.3. The average Bonchev–Trinajstić information content (AvgIpc) is 2.66. The van der Waals surface area contributed by atoms with Crippen LogP contribution < -0.4 is 15.5 Å². The van der Waals surface area contributed by atoms with Gasteiger partial charge < -0.3 is 15.5 Å². The summed E-state index contributed by atoms with van der Waals surface area (Å²) in [7, 11) is 0. The third-order valence-corrected chi connectivity index (χ3v) is 4.59. The van der Waals surface area contributed by atoms with Crippen LogP contribution in [0.1, 0.15) is 27.7 Å². The highest BCUT2D eigenvalue weighted by Crippen LogP contribution is 2.25. The summed E-state index contributed by atoms with van der Waals surface area (Å²) in [5, 5.41) is 4.84. The Morgan fingerprint density at radius 2 is 1.39 bits per heavy atom. The lowest BCUT2D eigenvalue weighted by Crippen LogP contribution is -2.42. The summed E-state index contributed by atoms with van der Waals surface area (Å²) >= 11 is 0. The molecule has 0 spiro atoms. The summed E-state index contributed by atoms with van der Waals surface area (Å²) in [5.41, 5.74) is -0.572. The van der Waals surface area contributed by atoms with Gasteiger partial charge in [0.2, 0.25) is 11.8 Å². The SMILES string of the molecule is CCN(CC)c1ccc(NC(=O)C(C)(C)C(=O)Nc2c(F)cccc2F)cc1. The molecular weight excluding hydrogens is 364 g/mol. The molecule has 0 aliphatic carbocycles. The van der Waals surface area contributed by atoms with Crippen LogP contribution in [-0.4, -0.2) is 24.9 Å². The van der Waals surface area contributed by atoms with Crippen molar-refractivity contribution >= 4 is 28.9 Å². The number of para-hydroxylation sites is 1. The number of anilines is 3. The molecule has 28 heavy (non-hydrogen) atoms. The van der Waals surface area contributed by atoms with Crippen LogP contribution in [0.25, 0.3) is 0 Å². The fourth-order valence-corrected chi connectivity index (χ4v) is 2.62. The predicted octanol–water partition coefficient (Wildman–Crippen LogP) is 4.41. The molecular formula is C21H25F2N3O2. The predicted molar refractivity (Wildman–Crippen MR) is 107 cm³/mol. The van der Waals surface area contributed by atoms with Crippen molar-refractivity contribution in [1.82, 2.24) is 0 Å². The van der Waals surface area contributed by atoms with E-state index >= 15 is 0 Å². The maximum Gasteiger partial charge on any atom is 0.239 e. The monoisotopic (exact) mass is 389 g/mol. The summed E-state index contributed by atoms with van der Waals surface area (Å²) < 4.78 is 27.5. The van der Waals surface area contributed by atoms with E-state index < -0.39 is 34.6 Å². The van der Waals surface area contributed by atoms with Crippen LogP contribution in [0.4, 0.5) is 25.8 Å². The molecule has 0 radical (unpaired) electrons. The van der Waals surface area contributed by atoms with E-state index in [1.807, 2.05) is 12.1 Å². The maximum absolute atomic E-state index is 13.7. The number of rotatable bonds is 7. The van der Waals surface area contributed by atoms with E-state index in [0.717, 1.165) is 30.9 Å². The molecule has 0 heterocycles. The summed E-state index contributed by atoms with van der Waals surface area (Å²) in [6, 6.07) is 10.5.